The number of nitrogens with zero attached hydrogens (tertiary/aromatic N) is 2. The van der Waals surface area contributed by atoms with Gasteiger partial charge in [-0.3, -0.25) is 10.1 Å². The number of ether oxygens (including phenoxy) is 1. The lowest BCUT2D eigenvalue weighted by atomic mass is 10.2. The van der Waals surface area contributed by atoms with E-state index in [0.29, 0.717) is 31.4 Å². The van der Waals surface area contributed by atoms with Crippen LogP contribution in [0.25, 0.3) is 0 Å². The Balaban J connectivity index is 1.85. The predicted octanol–water partition coefficient (Wildman–Crippen LogP) is -0.217. The maximum atomic E-state index is 11.0. The predicted molar refractivity (Wildman–Crippen MR) is 45.2 cm³/mol. The summed E-state index contributed by atoms with van der Waals surface area (Å²) in [4.78, 5) is 11.0. The number of carbonyl (C=O) groups is 1. The van der Waals surface area contributed by atoms with E-state index < -0.39 is 0 Å². The first-order valence-corrected chi connectivity index (χ1v) is 4.45. The zero-order valence-corrected chi connectivity index (χ0v) is 7.82. The molecule has 0 aromatic carbocycles. The van der Waals surface area contributed by atoms with Crippen LogP contribution in [0.3, 0.4) is 0 Å². The lowest BCUT2D eigenvalue weighted by molar-refractivity contribution is -0.139. The first-order chi connectivity index (χ1) is 6.75. The Morgan fingerprint density at radius 3 is 3.00 bits per heavy atom. The zero-order chi connectivity index (χ0) is 9.97. The van der Waals surface area contributed by atoms with E-state index in [-0.39, 0.29) is 12.0 Å². The maximum absolute atomic E-state index is 11.0. The molecule has 1 saturated heterocycles. The molecule has 0 bridgehead atoms. The largest absolute Gasteiger partial charge is 0.464 e. The van der Waals surface area contributed by atoms with Crippen molar-refractivity contribution in [2.75, 3.05) is 6.61 Å². The second-order valence-electron chi connectivity index (χ2n) is 3.10. The van der Waals surface area contributed by atoms with Crippen LogP contribution in [0.1, 0.15) is 18.2 Å². The van der Waals surface area contributed by atoms with Gasteiger partial charge >= 0.3 is 5.97 Å². The smallest absolute Gasteiger partial charge is 0.323 e. The average molecular weight is 197 g/mol. The number of nitrogens with one attached hydrogen (secondary N) is 1. The van der Waals surface area contributed by atoms with Crippen molar-refractivity contribution < 1.29 is 13.9 Å². The third-order valence-corrected chi connectivity index (χ3v) is 2.00. The summed E-state index contributed by atoms with van der Waals surface area (Å²) in [7, 11) is 0. The van der Waals surface area contributed by atoms with E-state index >= 15 is 0 Å². The molecule has 1 N–H and O–H groups in total. The van der Waals surface area contributed by atoms with E-state index in [1.54, 1.807) is 6.92 Å². The third-order valence-electron chi connectivity index (χ3n) is 2.00. The Kier molecular flexibility index (Phi) is 2.45. The van der Waals surface area contributed by atoms with Crippen LogP contribution >= 0.6 is 0 Å². The van der Waals surface area contributed by atoms with Crippen molar-refractivity contribution in [2.24, 2.45) is 0 Å². The number of aryl methyl sites for hydroxylation is 1. The van der Waals surface area contributed by atoms with Crippen molar-refractivity contribution in [2.45, 2.75) is 25.9 Å². The molecule has 2 rings (SSSR count). The van der Waals surface area contributed by atoms with E-state index in [1.807, 2.05) is 0 Å². The van der Waals surface area contributed by atoms with E-state index in [2.05, 4.69) is 15.5 Å². The third kappa shape index (κ3) is 1.90. The van der Waals surface area contributed by atoms with Crippen molar-refractivity contribution >= 4 is 5.97 Å². The fraction of sp³-hybridized carbons (Fsp3) is 0.625. The Morgan fingerprint density at radius 2 is 2.43 bits per heavy atom. The molecule has 0 saturated carbocycles. The van der Waals surface area contributed by atoms with Crippen molar-refractivity contribution in [3.05, 3.63) is 11.8 Å². The molecule has 76 valence electrons. The standard InChI is InChI=1S/C8H11N3O3/c1-5-10-11-7(14-5)4-9-6-2-3-13-8(6)12/h6,9H,2-4H2,1H3/t6-/m0/s1. The van der Waals surface area contributed by atoms with E-state index in [0.717, 1.165) is 0 Å². The second-order valence-corrected chi connectivity index (χ2v) is 3.10. The van der Waals surface area contributed by atoms with Crippen LogP contribution in [-0.2, 0) is 16.1 Å². The van der Waals surface area contributed by atoms with Crippen LogP contribution in [0, 0.1) is 6.92 Å². The Bertz CT molecular complexity index is 336. The van der Waals surface area contributed by atoms with Crippen LogP contribution in [0.2, 0.25) is 0 Å². The summed E-state index contributed by atoms with van der Waals surface area (Å²) in [6, 6.07) is -0.234. The molecular formula is C8H11N3O3. The van der Waals surface area contributed by atoms with Gasteiger partial charge < -0.3 is 9.15 Å². The van der Waals surface area contributed by atoms with Gasteiger partial charge in [-0.05, 0) is 0 Å². The van der Waals surface area contributed by atoms with Gasteiger partial charge in [0.2, 0.25) is 11.8 Å². The molecule has 0 unspecified atom stereocenters. The number of hydrogen-bond acceptors (Lipinski definition) is 6. The summed E-state index contributed by atoms with van der Waals surface area (Å²) in [5, 5.41) is 10.5. The number of rotatable bonds is 3. The van der Waals surface area contributed by atoms with Crippen LogP contribution < -0.4 is 5.32 Å². The molecule has 6 nitrogen and oxygen atoms in total. The molecule has 1 aliphatic heterocycles. The molecule has 0 spiro atoms. The van der Waals surface area contributed by atoms with Gasteiger partial charge in [-0.1, -0.05) is 0 Å². The number of carbonyl (C=O) groups excluding carboxylic acids is 1. The molecule has 1 aromatic rings. The number of aromatic nitrogens is 2. The van der Waals surface area contributed by atoms with Crippen LogP contribution in [-0.4, -0.2) is 28.8 Å². The van der Waals surface area contributed by atoms with Crippen molar-refractivity contribution in [3.8, 4) is 0 Å². The van der Waals surface area contributed by atoms with Gasteiger partial charge in [0.25, 0.3) is 0 Å². The second kappa shape index (κ2) is 3.75. The number of hydrogen-bond donors (Lipinski definition) is 1. The Morgan fingerprint density at radius 1 is 1.57 bits per heavy atom. The highest BCUT2D eigenvalue weighted by molar-refractivity contribution is 5.77. The van der Waals surface area contributed by atoms with Crippen molar-refractivity contribution in [1.29, 1.82) is 0 Å². The molecule has 0 amide bonds. The summed E-state index contributed by atoms with van der Waals surface area (Å²) >= 11 is 0. The van der Waals surface area contributed by atoms with E-state index in [9.17, 15) is 4.79 Å². The summed E-state index contributed by atoms with van der Waals surface area (Å²) in [6.07, 6.45) is 0.700. The van der Waals surface area contributed by atoms with Gasteiger partial charge in [0.05, 0.1) is 13.2 Å². The van der Waals surface area contributed by atoms with Crippen LogP contribution in [0.5, 0.6) is 0 Å². The molecule has 1 aliphatic rings. The molecule has 0 aliphatic carbocycles. The SMILES string of the molecule is Cc1nnc(CN[C@H]2CCOC2=O)o1. The molecule has 1 aromatic heterocycles. The zero-order valence-electron chi connectivity index (χ0n) is 7.82. The summed E-state index contributed by atoms with van der Waals surface area (Å²) in [6.45, 7) is 2.61. The molecule has 14 heavy (non-hydrogen) atoms. The van der Waals surface area contributed by atoms with Crippen molar-refractivity contribution in [3.63, 3.8) is 0 Å². The number of cyclic esters (lactones) is 1. The van der Waals surface area contributed by atoms with Gasteiger partial charge in [0, 0.05) is 13.3 Å². The van der Waals surface area contributed by atoms with Gasteiger partial charge in [0.15, 0.2) is 0 Å². The van der Waals surface area contributed by atoms with Gasteiger partial charge in [-0.15, -0.1) is 10.2 Å². The topological polar surface area (TPSA) is 77.3 Å². The summed E-state index contributed by atoms with van der Waals surface area (Å²) < 4.78 is 9.93. The minimum absolute atomic E-state index is 0.207. The molecule has 2 heterocycles. The van der Waals surface area contributed by atoms with Gasteiger partial charge in [-0.25, -0.2) is 0 Å². The monoisotopic (exact) mass is 197 g/mol. The van der Waals surface area contributed by atoms with E-state index in [1.165, 1.54) is 0 Å². The minimum Gasteiger partial charge on any atom is -0.464 e. The Labute approximate surface area is 80.6 Å². The highest BCUT2D eigenvalue weighted by Crippen LogP contribution is 2.06. The van der Waals surface area contributed by atoms with Crippen LogP contribution in [0.4, 0.5) is 0 Å². The van der Waals surface area contributed by atoms with Crippen LogP contribution in [0.15, 0.2) is 4.42 Å². The average Bonchev–Trinajstić information content (AvgIpc) is 2.72. The van der Waals surface area contributed by atoms with Gasteiger partial charge in [0.1, 0.15) is 6.04 Å². The molecular weight excluding hydrogens is 186 g/mol. The quantitative estimate of drug-likeness (QED) is 0.675. The first-order valence-electron chi connectivity index (χ1n) is 4.45. The maximum Gasteiger partial charge on any atom is 0.323 e. The Hall–Kier alpha value is -1.43. The summed E-state index contributed by atoms with van der Waals surface area (Å²) in [5.41, 5.74) is 0. The van der Waals surface area contributed by atoms with Crippen molar-refractivity contribution in [1.82, 2.24) is 15.5 Å². The lowest BCUT2D eigenvalue weighted by Gasteiger charge is -2.04. The van der Waals surface area contributed by atoms with E-state index in [4.69, 9.17) is 9.15 Å². The molecule has 6 heteroatoms. The molecule has 1 atom stereocenters. The normalized spacial score (nSPS) is 21.2. The summed E-state index contributed by atoms with van der Waals surface area (Å²) in [5.74, 6) is 0.805. The van der Waals surface area contributed by atoms with Gasteiger partial charge in [-0.2, -0.15) is 0 Å². The minimum atomic E-state index is -0.234. The number of esters is 1. The fourth-order valence-electron chi connectivity index (χ4n) is 1.30. The highest BCUT2D eigenvalue weighted by Gasteiger charge is 2.26. The molecule has 1 fully saturated rings. The molecule has 0 radical (unpaired) electrons. The fourth-order valence-corrected chi connectivity index (χ4v) is 1.30. The highest BCUT2D eigenvalue weighted by atomic mass is 16.5. The first kappa shape index (κ1) is 9.14. The lowest BCUT2D eigenvalue weighted by Crippen LogP contribution is -2.32.